The number of methoxy groups -OCH3 is 1. The van der Waals surface area contributed by atoms with Crippen LogP contribution in [0.4, 0.5) is 4.39 Å². The summed E-state index contributed by atoms with van der Waals surface area (Å²) in [5.74, 6) is -2.64. The fourth-order valence-electron chi connectivity index (χ4n) is 3.02. The Morgan fingerprint density at radius 3 is 2.60 bits per heavy atom. The van der Waals surface area contributed by atoms with Gasteiger partial charge in [-0.2, -0.15) is 0 Å². The van der Waals surface area contributed by atoms with Crippen LogP contribution < -0.4 is 10.9 Å². The predicted molar refractivity (Wildman–Crippen MR) is 110 cm³/mol. The highest BCUT2D eigenvalue weighted by Crippen LogP contribution is 2.32. The van der Waals surface area contributed by atoms with E-state index in [4.69, 9.17) is 33.0 Å². The van der Waals surface area contributed by atoms with Crippen LogP contribution in [0.15, 0.2) is 41.2 Å². The zero-order valence-electron chi connectivity index (χ0n) is 15.5. The molecule has 0 saturated carbocycles. The number of fused-ring (bicyclic) bond motifs is 1. The van der Waals surface area contributed by atoms with E-state index in [0.717, 1.165) is 0 Å². The second-order valence-corrected chi connectivity index (χ2v) is 7.07. The van der Waals surface area contributed by atoms with Gasteiger partial charge in [0.2, 0.25) is 0 Å². The molecule has 0 aliphatic carbocycles. The number of aromatic amines is 1. The van der Waals surface area contributed by atoms with E-state index in [1.807, 2.05) is 0 Å². The second-order valence-electron chi connectivity index (χ2n) is 6.29. The molecule has 0 spiro atoms. The Hall–Kier alpha value is -2.94. The van der Waals surface area contributed by atoms with Crippen LogP contribution >= 0.6 is 23.2 Å². The van der Waals surface area contributed by atoms with Gasteiger partial charge in [0.15, 0.2) is 6.10 Å². The predicted octanol–water partition coefficient (Wildman–Crippen LogP) is 3.68. The van der Waals surface area contributed by atoms with Gasteiger partial charge in [-0.15, -0.1) is 0 Å². The summed E-state index contributed by atoms with van der Waals surface area (Å²) < 4.78 is 19.2. The highest BCUT2D eigenvalue weighted by atomic mass is 35.5. The smallest absolute Gasteiger partial charge is 0.341 e. The van der Waals surface area contributed by atoms with Crippen LogP contribution in [0.25, 0.3) is 10.9 Å². The first-order chi connectivity index (χ1) is 14.2. The maximum Gasteiger partial charge on any atom is 0.341 e. The lowest BCUT2D eigenvalue weighted by Gasteiger charge is -2.17. The van der Waals surface area contributed by atoms with Crippen LogP contribution in [-0.2, 0) is 16.1 Å². The molecular formula is C20H15Cl2FN2O5. The van der Waals surface area contributed by atoms with E-state index >= 15 is 0 Å². The summed E-state index contributed by atoms with van der Waals surface area (Å²) in [6, 6.07) is 8.27. The lowest BCUT2D eigenvalue weighted by atomic mass is 10.1. The van der Waals surface area contributed by atoms with Crippen LogP contribution in [0.1, 0.15) is 27.6 Å². The molecule has 3 N–H and O–H groups in total. The van der Waals surface area contributed by atoms with Crippen molar-refractivity contribution in [3.8, 4) is 0 Å². The number of aromatic nitrogens is 1. The standard InChI is InChI=1S/C20H15Cl2FN2O5/c1-30-17(10-4-2-3-5-14(10)23)19(27)24-8-12-15(22)13(21)7-9-6-11(20(28)29)18(26)25-16(9)12/h2-7,17H,8H2,1H3,(H,24,27)(H,25,26)(H,28,29). The number of benzene rings is 2. The van der Waals surface area contributed by atoms with E-state index in [2.05, 4.69) is 10.3 Å². The van der Waals surface area contributed by atoms with Gasteiger partial charge >= 0.3 is 5.97 Å². The van der Waals surface area contributed by atoms with Gasteiger partial charge in [-0.3, -0.25) is 9.59 Å². The number of rotatable bonds is 6. The first-order valence-electron chi connectivity index (χ1n) is 8.56. The summed E-state index contributed by atoms with van der Waals surface area (Å²) in [6.07, 6.45) is -1.21. The van der Waals surface area contributed by atoms with E-state index in [0.29, 0.717) is 5.39 Å². The van der Waals surface area contributed by atoms with Crippen molar-refractivity contribution in [3.05, 3.63) is 79.3 Å². The van der Waals surface area contributed by atoms with Crippen molar-refractivity contribution >= 4 is 46.0 Å². The summed E-state index contributed by atoms with van der Waals surface area (Å²) in [5, 5.41) is 12.2. The number of H-pyrrole nitrogens is 1. The highest BCUT2D eigenvalue weighted by molar-refractivity contribution is 6.43. The van der Waals surface area contributed by atoms with E-state index in [1.54, 1.807) is 6.07 Å². The van der Waals surface area contributed by atoms with Crippen molar-refractivity contribution in [2.75, 3.05) is 7.11 Å². The molecule has 0 aliphatic heterocycles. The monoisotopic (exact) mass is 452 g/mol. The zero-order valence-corrected chi connectivity index (χ0v) is 17.0. The average molecular weight is 453 g/mol. The average Bonchev–Trinajstić information content (AvgIpc) is 2.70. The normalized spacial score (nSPS) is 12.0. The van der Waals surface area contributed by atoms with Gasteiger partial charge in [-0.05, 0) is 18.2 Å². The minimum absolute atomic E-state index is 0.0547. The summed E-state index contributed by atoms with van der Waals surface area (Å²) in [7, 11) is 1.27. The van der Waals surface area contributed by atoms with Crippen molar-refractivity contribution in [2.45, 2.75) is 12.6 Å². The largest absolute Gasteiger partial charge is 0.477 e. The Kier molecular flexibility index (Phi) is 6.40. The van der Waals surface area contributed by atoms with E-state index in [1.165, 1.54) is 37.4 Å². The molecule has 3 aromatic rings. The van der Waals surface area contributed by atoms with E-state index in [9.17, 15) is 18.8 Å². The van der Waals surface area contributed by atoms with Gasteiger partial charge in [-0.25, -0.2) is 9.18 Å². The van der Waals surface area contributed by atoms with Crippen LogP contribution in [0.5, 0.6) is 0 Å². The quantitative estimate of drug-likeness (QED) is 0.528. The Morgan fingerprint density at radius 2 is 1.97 bits per heavy atom. The van der Waals surface area contributed by atoms with Crippen LogP contribution in [0.2, 0.25) is 10.0 Å². The van der Waals surface area contributed by atoms with E-state index < -0.39 is 34.9 Å². The fourth-order valence-corrected chi connectivity index (χ4v) is 3.47. The number of carboxylic acids is 1. The third-order valence-corrected chi connectivity index (χ3v) is 5.29. The number of pyridine rings is 1. The van der Waals surface area contributed by atoms with Gasteiger partial charge < -0.3 is 20.1 Å². The minimum atomic E-state index is -1.40. The first-order valence-corrected chi connectivity index (χ1v) is 9.32. The molecule has 2 aromatic carbocycles. The maximum absolute atomic E-state index is 14.0. The topological polar surface area (TPSA) is 108 Å². The summed E-state index contributed by atoms with van der Waals surface area (Å²) in [4.78, 5) is 38.4. The molecule has 1 amide bonds. The number of hydrogen-bond acceptors (Lipinski definition) is 4. The summed E-state index contributed by atoms with van der Waals surface area (Å²) in [5.41, 5.74) is -0.750. The zero-order chi connectivity index (χ0) is 22.0. The molecule has 1 atom stereocenters. The summed E-state index contributed by atoms with van der Waals surface area (Å²) in [6.45, 7) is -0.175. The van der Waals surface area contributed by atoms with Crippen LogP contribution in [-0.4, -0.2) is 29.1 Å². The van der Waals surface area contributed by atoms with Gasteiger partial charge in [0.25, 0.3) is 11.5 Å². The molecule has 0 saturated heterocycles. The molecule has 0 radical (unpaired) electrons. The Morgan fingerprint density at radius 1 is 1.27 bits per heavy atom. The maximum atomic E-state index is 14.0. The van der Waals surface area contributed by atoms with Gasteiger partial charge in [0.1, 0.15) is 11.4 Å². The van der Waals surface area contributed by atoms with Gasteiger partial charge in [0.05, 0.1) is 15.6 Å². The number of carbonyl (C=O) groups is 2. The molecule has 1 unspecified atom stereocenters. The molecule has 0 bridgehead atoms. The Balaban J connectivity index is 1.97. The molecular weight excluding hydrogens is 438 g/mol. The number of amides is 1. The molecule has 10 heteroatoms. The third kappa shape index (κ3) is 4.16. The molecule has 156 valence electrons. The molecule has 0 aliphatic rings. The first kappa shape index (κ1) is 21.8. The van der Waals surface area contributed by atoms with Gasteiger partial charge in [-0.1, -0.05) is 41.4 Å². The Labute approximate surface area is 179 Å². The molecule has 7 nitrogen and oxygen atoms in total. The van der Waals surface area contributed by atoms with Crippen molar-refractivity contribution in [1.29, 1.82) is 0 Å². The lowest BCUT2D eigenvalue weighted by Crippen LogP contribution is -2.31. The minimum Gasteiger partial charge on any atom is -0.477 e. The lowest BCUT2D eigenvalue weighted by molar-refractivity contribution is -0.131. The summed E-state index contributed by atoms with van der Waals surface area (Å²) >= 11 is 12.4. The van der Waals surface area contributed by atoms with Crippen molar-refractivity contribution < 1.29 is 23.8 Å². The van der Waals surface area contributed by atoms with Gasteiger partial charge in [0, 0.05) is 30.2 Å². The molecule has 3 rings (SSSR count). The number of aromatic carboxylic acids is 1. The number of halogens is 3. The number of ether oxygens (including phenoxy) is 1. The highest BCUT2D eigenvalue weighted by Gasteiger charge is 2.24. The van der Waals surface area contributed by atoms with Crippen LogP contribution in [0.3, 0.4) is 0 Å². The SMILES string of the molecule is COC(C(=O)NCc1c(Cl)c(Cl)cc2cc(C(=O)O)c(=O)[nH]c12)c1ccccc1F. The number of nitrogens with one attached hydrogen (secondary N) is 2. The number of hydrogen-bond donors (Lipinski definition) is 3. The van der Waals surface area contributed by atoms with Crippen molar-refractivity contribution in [3.63, 3.8) is 0 Å². The molecule has 1 aromatic heterocycles. The molecule has 0 fully saturated rings. The van der Waals surface area contributed by atoms with Crippen LogP contribution in [0, 0.1) is 5.82 Å². The number of carbonyl (C=O) groups excluding carboxylic acids is 1. The van der Waals surface area contributed by atoms with Crippen molar-refractivity contribution in [1.82, 2.24) is 10.3 Å². The van der Waals surface area contributed by atoms with E-state index in [-0.39, 0.29) is 33.2 Å². The number of carboxylic acid groups (broad SMARTS) is 1. The van der Waals surface area contributed by atoms with Crippen molar-refractivity contribution in [2.24, 2.45) is 0 Å². The third-order valence-electron chi connectivity index (χ3n) is 4.46. The Bertz CT molecular complexity index is 1210. The second kappa shape index (κ2) is 8.83. The fraction of sp³-hybridized carbons (Fsp3) is 0.150. The molecule has 30 heavy (non-hydrogen) atoms. The molecule has 1 heterocycles.